The molecule has 2 saturated carbocycles. The van der Waals surface area contributed by atoms with Crippen molar-refractivity contribution in [2.75, 3.05) is 0 Å². The maximum atomic E-state index is 12.5. The number of carbonyl (C=O) groups is 1. The van der Waals surface area contributed by atoms with Crippen molar-refractivity contribution in [2.45, 2.75) is 38.1 Å². The Bertz CT molecular complexity index is 720. The fourth-order valence-corrected chi connectivity index (χ4v) is 2.97. The number of carbonyl (C=O) groups excluding carboxylic acids is 1. The van der Waals surface area contributed by atoms with Gasteiger partial charge in [-0.2, -0.15) is 0 Å². The maximum absolute atomic E-state index is 12.5. The van der Waals surface area contributed by atoms with E-state index in [1.54, 1.807) is 0 Å². The summed E-state index contributed by atoms with van der Waals surface area (Å²) < 4.78 is 2.83. The zero-order valence-corrected chi connectivity index (χ0v) is 13.9. The maximum Gasteiger partial charge on any atom is 0.274 e. The van der Waals surface area contributed by atoms with Crippen LogP contribution in [0.3, 0.4) is 0 Å². The van der Waals surface area contributed by atoms with Crippen LogP contribution in [0, 0.1) is 5.92 Å². The van der Waals surface area contributed by atoms with Crippen LogP contribution in [0.15, 0.2) is 28.7 Å². The normalized spacial score (nSPS) is 23.4. The molecule has 1 aromatic carbocycles. The molecule has 2 unspecified atom stereocenters. The molecule has 0 radical (unpaired) electrons. The first kappa shape index (κ1) is 13.9. The number of nitrogens with zero attached hydrogens (tertiary/aromatic N) is 3. The Labute approximate surface area is 137 Å². The summed E-state index contributed by atoms with van der Waals surface area (Å²) >= 11 is 3.44. The molecule has 1 amide bonds. The quantitative estimate of drug-likeness (QED) is 0.911. The number of amides is 1. The summed E-state index contributed by atoms with van der Waals surface area (Å²) in [6, 6.07) is 8.21. The van der Waals surface area contributed by atoms with Crippen molar-refractivity contribution in [1.82, 2.24) is 20.3 Å². The summed E-state index contributed by atoms with van der Waals surface area (Å²) in [4.78, 5) is 12.5. The minimum Gasteiger partial charge on any atom is -0.348 e. The largest absolute Gasteiger partial charge is 0.348 e. The molecule has 0 aliphatic heterocycles. The minimum absolute atomic E-state index is 0.0837. The summed E-state index contributed by atoms with van der Waals surface area (Å²) in [7, 11) is 0. The van der Waals surface area contributed by atoms with Gasteiger partial charge < -0.3 is 5.32 Å². The first-order valence-corrected chi connectivity index (χ1v) is 8.45. The van der Waals surface area contributed by atoms with Gasteiger partial charge in [-0.1, -0.05) is 28.1 Å². The van der Waals surface area contributed by atoms with Crippen LogP contribution >= 0.6 is 15.9 Å². The molecule has 0 spiro atoms. The van der Waals surface area contributed by atoms with Gasteiger partial charge in [0.15, 0.2) is 5.69 Å². The molecular weight excluding hydrogens is 344 g/mol. The molecule has 22 heavy (non-hydrogen) atoms. The fourth-order valence-electron chi connectivity index (χ4n) is 2.71. The first-order chi connectivity index (χ1) is 10.6. The zero-order valence-electron chi connectivity index (χ0n) is 12.3. The van der Waals surface area contributed by atoms with E-state index in [0.29, 0.717) is 23.6 Å². The predicted molar refractivity (Wildman–Crippen MR) is 86.1 cm³/mol. The summed E-state index contributed by atoms with van der Waals surface area (Å²) in [6.07, 6.45) is 3.26. The number of hydrogen-bond acceptors (Lipinski definition) is 3. The Morgan fingerprint density at radius 1 is 1.32 bits per heavy atom. The van der Waals surface area contributed by atoms with E-state index in [2.05, 4.69) is 38.5 Å². The van der Waals surface area contributed by atoms with Crippen molar-refractivity contribution in [2.24, 2.45) is 5.92 Å². The Balaban J connectivity index is 1.68. The van der Waals surface area contributed by atoms with Gasteiger partial charge in [-0.05, 0) is 49.4 Å². The van der Waals surface area contributed by atoms with Crippen LogP contribution in [0.2, 0.25) is 0 Å². The molecule has 6 heteroatoms. The molecular formula is C16H17BrN4O. The molecule has 2 aliphatic rings. The Kier molecular flexibility index (Phi) is 3.29. The number of aromatic nitrogens is 3. The average molecular weight is 361 g/mol. The van der Waals surface area contributed by atoms with Crippen LogP contribution in [0.5, 0.6) is 0 Å². The van der Waals surface area contributed by atoms with Crippen molar-refractivity contribution in [3.8, 4) is 5.69 Å². The molecule has 114 valence electrons. The van der Waals surface area contributed by atoms with Crippen LogP contribution in [-0.2, 0) is 0 Å². The van der Waals surface area contributed by atoms with E-state index < -0.39 is 0 Å². The molecule has 1 heterocycles. The molecule has 1 N–H and O–H groups in total. The van der Waals surface area contributed by atoms with Gasteiger partial charge in [0.2, 0.25) is 0 Å². The first-order valence-electron chi connectivity index (χ1n) is 7.66. The van der Waals surface area contributed by atoms with Gasteiger partial charge in [-0.15, -0.1) is 5.10 Å². The lowest BCUT2D eigenvalue weighted by Crippen LogP contribution is -2.28. The number of halogens is 1. The van der Waals surface area contributed by atoms with Gasteiger partial charge >= 0.3 is 0 Å². The van der Waals surface area contributed by atoms with Crippen LogP contribution in [-0.4, -0.2) is 26.9 Å². The highest BCUT2D eigenvalue weighted by atomic mass is 79.9. The predicted octanol–water partition coefficient (Wildman–Crippen LogP) is 3.05. The molecule has 0 bridgehead atoms. The number of rotatable bonds is 4. The fraction of sp³-hybridized carbons (Fsp3) is 0.438. The van der Waals surface area contributed by atoms with E-state index >= 15 is 0 Å². The van der Waals surface area contributed by atoms with Gasteiger partial charge in [0, 0.05) is 16.4 Å². The topological polar surface area (TPSA) is 59.8 Å². The van der Waals surface area contributed by atoms with Gasteiger partial charge in [0.25, 0.3) is 5.91 Å². The third-order valence-corrected chi connectivity index (χ3v) is 4.91. The second-order valence-electron chi connectivity index (χ2n) is 6.28. The van der Waals surface area contributed by atoms with Gasteiger partial charge in [-0.3, -0.25) is 4.79 Å². The smallest absolute Gasteiger partial charge is 0.274 e. The molecule has 4 rings (SSSR count). The van der Waals surface area contributed by atoms with E-state index in [0.717, 1.165) is 35.1 Å². The van der Waals surface area contributed by atoms with Crippen LogP contribution in [0.4, 0.5) is 0 Å². The van der Waals surface area contributed by atoms with Gasteiger partial charge in [0.1, 0.15) is 0 Å². The Morgan fingerprint density at radius 2 is 2.00 bits per heavy atom. The average Bonchev–Trinajstić information content (AvgIpc) is 3.41. The van der Waals surface area contributed by atoms with Crippen molar-refractivity contribution >= 4 is 21.8 Å². The number of nitrogens with one attached hydrogen (secondary N) is 1. The van der Waals surface area contributed by atoms with E-state index in [1.807, 2.05) is 28.9 Å². The van der Waals surface area contributed by atoms with Crippen molar-refractivity contribution in [1.29, 1.82) is 0 Å². The molecule has 2 aliphatic carbocycles. The third kappa shape index (κ3) is 2.56. The lowest BCUT2D eigenvalue weighted by atomic mass is 10.2. The van der Waals surface area contributed by atoms with Crippen LogP contribution < -0.4 is 5.32 Å². The molecule has 1 aromatic heterocycles. The highest BCUT2D eigenvalue weighted by molar-refractivity contribution is 9.10. The third-order valence-electron chi connectivity index (χ3n) is 4.38. The zero-order chi connectivity index (χ0) is 15.3. The Morgan fingerprint density at radius 3 is 2.59 bits per heavy atom. The molecule has 2 atom stereocenters. The number of benzene rings is 1. The van der Waals surface area contributed by atoms with Crippen LogP contribution in [0.1, 0.15) is 48.3 Å². The second kappa shape index (κ2) is 5.19. The minimum atomic E-state index is -0.0837. The molecule has 2 fully saturated rings. The highest BCUT2D eigenvalue weighted by Gasteiger charge is 2.38. The van der Waals surface area contributed by atoms with Crippen LogP contribution in [0.25, 0.3) is 5.69 Å². The standard InChI is InChI=1S/C16H17BrN4O/c1-9-8-13(9)18-16(22)14-15(10-2-3-10)21(20-19-14)12-6-4-11(17)5-7-12/h4-7,9-10,13H,2-3,8H2,1H3,(H,18,22). The molecule has 5 nitrogen and oxygen atoms in total. The number of hydrogen-bond donors (Lipinski definition) is 1. The SMILES string of the molecule is CC1CC1NC(=O)c1nnn(-c2ccc(Br)cc2)c1C1CC1. The summed E-state index contributed by atoms with van der Waals surface area (Å²) in [5.74, 6) is 0.894. The van der Waals surface area contributed by atoms with E-state index in [9.17, 15) is 4.79 Å². The van der Waals surface area contributed by atoms with Crippen molar-refractivity contribution < 1.29 is 4.79 Å². The van der Waals surface area contributed by atoms with Gasteiger partial charge in [0.05, 0.1) is 11.4 Å². The molecule has 2 aromatic rings. The Hall–Kier alpha value is -1.69. The van der Waals surface area contributed by atoms with E-state index in [4.69, 9.17) is 0 Å². The van der Waals surface area contributed by atoms with Gasteiger partial charge in [-0.25, -0.2) is 4.68 Å². The lowest BCUT2D eigenvalue weighted by Gasteiger charge is -2.07. The van der Waals surface area contributed by atoms with E-state index in [1.165, 1.54) is 0 Å². The summed E-state index contributed by atoms with van der Waals surface area (Å²) in [5.41, 5.74) is 2.38. The molecule has 0 saturated heterocycles. The highest BCUT2D eigenvalue weighted by Crippen LogP contribution is 2.42. The van der Waals surface area contributed by atoms with Crippen molar-refractivity contribution in [3.05, 3.63) is 40.1 Å². The summed E-state index contributed by atoms with van der Waals surface area (Å²) in [6.45, 7) is 2.14. The second-order valence-corrected chi connectivity index (χ2v) is 7.19. The monoisotopic (exact) mass is 360 g/mol. The summed E-state index contributed by atoms with van der Waals surface area (Å²) in [5, 5.41) is 11.5. The lowest BCUT2D eigenvalue weighted by molar-refractivity contribution is 0.0943. The van der Waals surface area contributed by atoms with Crippen molar-refractivity contribution in [3.63, 3.8) is 0 Å². The van der Waals surface area contributed by atoms with E-state index in [-0.39, 0.29) is 5.91 Å².